The number of ketones is 1. The molecule has 0 N–H and O–H groups in total. The van der Waals surface area contributed by atoms with Crippen molar-refractivity contribution in [1.29, 1.82) is 0 Å². The Bertz CT molecular complexity index is 318. The minimum atomic E-state index is -0.370. The molecule has 1 rings (SSSR count). The molecular formula is C9H12N2OS. The average molecular weight is 196 g/mol. The van der Waals surface area contributed by atoms with Crippen molar-refractivity contribution in [1.82, 2.24) is 0 Å². The Kier molecular flexibility index (Phi) is 3.03. The van der Waals surface area contributed by atoms with Gasteiger partial charge in [0.05, 0.1) is 0 Å². The fourth-order valence-electron chi connectivity index (χ4n) is 1.29. The van der Waals surface area contributed by atoms with Crippen LogP contribution in [0.1, 0.15) is 27.2 Å². The molecule has 0 aromatic heterocycles. The first-order valence-electron chi connectivity index (χ1n) is 4.23. The van der Waals surface area contributed by atoms with E-state index >= 15 is 0 Å². The Hall–Kier alpha value is -0.900. The van der Waals surface area contributed by atoms with Crippen LogP contribution in [0.2, 0.25) is 0 Å². The van der Waals surface area contributed by atoms with E-state index in [9.17, 15) is 4.79 Å². The predicted molar refractivity (Wildman–Crippen MR) is 57.6 cm³/mol. The number of nitrogens with zero attached hydrogens (tertiary/aromatic N) is 2. The molecule has 0 spiro atoms. The largest absolute Gasteiger partial charge is 0.299 e. The third-order valence-electron chi connectivity index (χ3n) is 1.93. The molecule has 4 heteroatoms. The first-order valence-corrected chi connectivity index (χ1v) is 4.64. The number of rotatable bonds is 2. The molecule has 0 aromatic carbocycles. The summed E-state index contributed by atoms with van der Waals surface area (Å²) >= 11 is 5.03. The maximum atomic E-state index is 11.2. The summed E-state index contributed by atoms with van der Waals surface area (Å²) in [5, 5.41) is 0. The summed E-state index contributed by atoms with van der Waals surface area (Å²) in [5.41, 5.74) is 0.768. The summed E-state index contributed by atoms with van der Waals surface area (Å²) in [6.07, 6.45) is 0.752. The quantitative estimate of drug-likeness (QED) is 0.632. The van der Waals surface area contributed by atoms with Crippen molar-refractivity contribution >= 4 is 34.5 Å². The van der Waals surface area contributed by atoms with Gasteiger partial charge in [0.25, 0.3) is 0 Å². The molecule has 1 atom stereocenters. The fourth-order valence-corrected chi connectivity index (χ4v) is 1.73. The molecule has 0 radical (unpaired) electrons. The second-order valence-corrected chi connectivity index (χ2v) is 3.43. The first kappa shape index (κ1) is 10.2. The summed E-state index contributed by atoms with van der Waals surface area (Å²) in [6.45, 7) is 5.30. The lowest BCUT2D eigenvalue weighted by atomic mass is 9.99. The van der Waals surface area contributed by atoms with Crippen molar-refractivity contribution in [2.75, 3.05) is 0 Å². The van der Waals surface area contributed by atoms with E-state index < -0.39 is 0 Å². The van der Waals surface area contributed by atoms with Gasteiger partial charge in [0.15, 0.2) is 0 Å². The maximum absolute atomic E-state index is 11.2. The highest BCUT2D eigenvalue weighted by atomic mass is 32.1. The number of carbonyl (C=O) groups excluding carboxylic acids is 1. The van der Waals surface area contributed by atoms with Crippen LogP contribution in [-0.4, -0.2) is 22.3 Å². The minimum Gasteiger partial charge on any atom is -0.299 e. The third kappa shape index (κ3) is 2.06. The van der Waals surface area contributed by atoms with Gasteiger partial charge < -0.3 is 0 Å². The highest BCUT2D eigenvalue weighted by Gasteiger charge is 2.26. The molecule has 0 bridgehead atoms. The average Bonchev–Trinajstić information content (AvgIpc) is 2.02. The van der Waals surface area contributed by atoms with Gasteiger partial charge in [0, 0.05) is 12.1 Å². The molecule has 0 saturated carbocycles. The summed E-state index contributed by atoms with van der Waals surface area (Å²) in [5.74, 6) is 0.371. The van der Waals surface area contributed by atoms with E-state index in [1.54, 1.807) is 0 Å². The number of hydrogen-bond donors (Lipinski definition) is 0. The Labute approximate surface area is 83.0 Å². The summed E-state index contributed by atoms with van der Waals surface area (Å²) in [6, 6.07) is 0. The number of hydrogen-bond acceptors (Lipinski definition) is 3. The van der Waals surface area contributed by atoms with Gasteiger partial charge in [-0.05, 0) is 13.8 Å². The van der Waals surface area contributed by atoms with Crippen molar-refractivity contribution < 1.29 is 4.79 Å². The summed E-state index contributed by atoms with van der Waals surface area (Å²) < 4.78 is 0. The van der Waals surface area contributed by atoms with Gasteiger partial charge in [-0.3, -0.25) is 4.79 Å². The monoisotopic (exact) mass is 196 g/mol. The van der Waals surface area contributed by atoms with Crippen LogP contribution >= 0.6 is 12.2 Å². The molecule has 1 unspecified atom stereocenters. The summed E-state index contributed by atoms with van der Waals surface area (Å²) in [4.78, 5) is 19.9. The molecule has 70 valence electrons. The SMILES string of the molecule is CCC1=NC(=S)C(C(C)=O)C(C)=N1. The van der Waals surface area contributed by atoms with E-state index in [0.717, 1.165) is 18.0 Å². The van der Waals surface area contributed by atoms with Gasteiger partial charge in [-0.1, -0.05) is 19.1 Å². The van der Waals surface area contributed by atoms with Crippen LogP contribution in [0.5, 0.6) is 0 Å². The van der Waals surface area contributed by atoms with Gasteiger partial charge >= 0.3 is 0 Å². The van der Waals surface area contributed by atoms with Crippen LogP contribution in [0.4, 0.5) is 0 Å². The third-order valence-corrected chi connectivity index (χ3v) is 2.26. The van der Waals surface area contributed by atoms with Gasteiger partial charge in [-0.15, -0.1) is 0 Å². The van der Waals surface area contributed by atoms with Crippen molar-refractivity contribution in [3.05, 3.63) is 0 Å². The second kappa shape index (κ2) is 3.87. The Morgan fingerprint density at radius 3 is 2.54 bits per heavy atom. The molecule has 13 heavy (non-hydrogen) atoms. The van der Waals surface area contributed by atoms with Crippen molar-refractivity contribution in [2.45, 2.75) is 27.2 Å². The van der Waals surface area contributed by atoms with Crippen LogP contribution in [0.3, 0.4) is 0 Å². The number of thiocarbonyl (C=S) groups is 1. The van der Waals surface area contributed by atoms with Crippen molar-refractivity contribution in [3.8, 4) is 0 Å². The highest BCUT2D eigenvalue weighted by molar-refractivity contribution is 7.80. The summed E-state index contributed by atoms with van der Waals surface area (Å²) in [7, 11) is 0. The van der Waals surface area contributed by atoms with Gasteiger partial charge in [0.2, 0.25) is 0 Å². The second-order valence-electron chi connectivity index (χ2n) is 3.02. The highest BCUT2D eigenvalue weighted by Crippen LogP contribution is 2.13. The Morgan fingerprint density at radius 1 is 1.54 bits per heavy atom. The van der Waals surface area contributed by atoms with Crippen LogP contribution in [0.15, 0.2) is 9.98 Å². The van der Waals surface area contributed by atoms with Crippen LogP contribution in [-0.2, 0) is 4.79 Å². The first-order chi connectivity index (χ1) is 6.06. The van der Waals surface area contributed by atoms with E-state index in [4.69, 9.17) is 12.2 Å². The molecule has 1 aliphatic rings. The van der Waals surface area contributed by atoms with Crippen LogP contribution < -0.4 is 0 Å². The standard InChI is InChI=1S/C9H12N2OS/c1-4-7-10-5(2)8(6(3)12)9(13)11-7/h8H,4H2,1-3H3. The lowest BCUT2D eigenvalue weighted by molar-refractivity contribution is -0.117. The maximum Gasteiger partial charge on any atom is 0.145 e. The molecule has 0 aliphatic carbocycles. The number of Topliss-reactive ketones (excluding diaryl/α,β-unsaturated/α-hetero) is 1. The van der Waals surface area contributed by atoms with E-state index in [1.807, 2.05) is 13.8 Å². The number of aliphatic imine (C=N–C) groups is 2. The van der Waals surface area contributed by atoms with Crippen LogP contribution in [0, 0.1) is 5.92 Å². The minimum absolute atomic E-state index is 0.0187. The predicted octanol–water partition coefficient (Wildman–Crippen LogP) is 1.80. The van der Waals surface area contributed by atoms with Crippen LogP contribution in [0.25, 0.3) is 0 Å². The topological polar surface area (TPSA) is 41.8 Å². The number of carbonyl (C=O) groups is 1. The molecular weight excluding hydrogens is 184 g/mol. The smallest absolute Gasteiger partial charge is 0.145 e. The lowest BCUT2D eigenvalue weighted by Gasteiger charge is -2.17. The van der Waals surface area contributed by atoms with E-state index in [1.165, 1.54) is 6.92 Å². The van der Waals surface area contributed by atoms with E-state index in [-0.39, 0.29) is 11.7 Å². The molecule has 0 amide bonds. The van der Waals surface area contributed by atoms with Gasteiger partial charge in [0.1, 0.15) is 22.5 Å². The zero-order valence-corrected chi connectivity index (χ0v) is 8.81. The zero-order valence-electron chi connectivity index (χ0n) is 8.00. The van der Waals surface area contributed by atoms with E-state index in [2.05, 4.69) is 9.98 Å². The van der Waals surface area contributed by atoms with E-state index in [0.29, 0.717) is 4.99 Å². The molecule has 0 saturated heterocycles. The zero-order chi connectivity index (χ0) is 10.0. The molecule has 0 fully saturated rings. The fraction of sp³-hybridized carbons (Fsp3) is 0.556. The number of amidine groups is 1. The molecule has 0 aromatic rings. The van der Waals surface area contributed by atoms with Gasteiger partial charge in [-0.25, -0.2) is 9.98 Å². The Morgan fingerprint density at radius 2 is 2.15 bits per heavy atom. The van der Waals surface area contributed by atoms with Crippen molar-refractivity contribution in [2.24, 2.45) is 15.9 Å². The molecule has 3 nitrogen and oxygen atoms in total. The normalized spacial score (nSPS) is 22.4. The van der Waals surface area contributed by atoms with Crippen molar-refractivity contribution in [3.63, 3.8) is 0 Å². The molecule has 1 aliphatic heterocycles. The van der Waals surface area contributed by atoms with Gasteiger partial charge in [-0.2, -0.15) is 0 Å². The molecule has 1 heterocycles. The lowest BCUT2D eigenvalue weighted by Crippen LogP contribution is -2.30. The Balaban J connectivity index is 2.99.